The number of nitrogens with two attached hydrogens (primary N) is 1. The molecule has 0 spiro atoms. The van der Waals surface area contributed by atoms with Crippen LogP contribution in [0.2, 0.25) is 0 Å². The minimum atomic E-state index is -0.959. The van der Waals surface area contributed by atoms with Crippen molar-refractivity contribution in [3.63, 3.8) is 0 Å². The molecule has 3 N–H and O–H groups in total. The summed E-state index contributed by atoms with van der Waals surface area (Å²) in [6.07, 6.45) is 1.37. The highest BCUT2D eigenvalue weighted by molar-refractivity contribution is 5.94. The van der Waals surface area contributed by atoms with Crippen LogP contribution in [0.4, 0.5) is 4.79 Å². The zero-order chi connectivity index (χ0) is 27.5. The van der Waals surface area contributed by atoms with E-state index < -0.39 is 12.0 Å². The van der Waals surface area contributed by atoms with Crippen LogP contribution in [0.25, 0.3) is 16.9 Å². The van der Waals surface area contributed by atoms with Crippen molar-refractivity contribution >= 4 is 17.9 Å². The van der Waals surface area contributed by atoms with Gasteiger partial charge in [0.05, 0.1) is 16.9 Å². The highest BCUT2D eigenvalue weighted by Crippen LogP contribution is 2.21. The lowest BCUT2D eigenvalue weighted by molar-refractivity contribution is 0.0624. The van der Waals surface area contributed by atoms with Crippen LogP contribution in [-0.2, 0) is 6.42 Å². The first-order valence-corrected chi connectivity index (χ1v) is 12.6. The molecule has 1 fully saturated rings. The first kappa shape index (κ1) is 25.7. The molecule has 3 amide bonds. The molecule has 39 heavy (non-hydrogen) atoms. The van der Waals surface area contributed by atoms with Gasteiger partial charge in [0.2, 0.25) is 0 Å². The molecule has 2 aromatic heterocycles. The van der Waals surface area contributed by atoms with Gasteiger partial charge in [-0.25, -0.2) is 9.48 Å². The molecule has 0 aliphatic carbocycles. The molecule has 0 radical (unpaired) electrons. The van der Waals surface area contributed by atoms with Crippen molar-refractivity contribution in [1.29, 1.82) is 0 Å². The molecule has 0 atom stereocenters. The standard InChI is InChI=1S/C29H28N6O4/c1-19-16-26(27(30)36)32-35(19)24-9-4-21(5-10-24)17-20-2-6-22(7-3-20)25-11-8-23(18-31-25)28(37)33-12-14-34(15-13-33)29(38)39/h2-11,16,18H,12-15,17H2,1H3,(H2,30,36)(H,38,39). The van der Waals surface area contributed by atoms with E-state index in [1.54, 1.807) is 27.9 Å². The van der Waals surface area contributed by atoms with Crippen molar-refractivity contribution in [2.45, 2.75) is 13.3 Å². The van der Waals surface area contributed by atoms with Gasteiger partial charge in [0.25, 0.3) is 11.8 Å². The lowest BCUT2D eigenvalue weighted by Gasteiger charge is -2.33. The molecule has 0 unspecified atom stereocenters. The average molecular weight is 525 g/mol. The fraction of sp³-hybridized carbons (Fsp3) is 0.207. The third-order valence-electron chi connectivity index (χ3n) is 6.83. The molecule has 1 aliphatic rings. The molecule has 198 valence electrons. The first-order valence-electron chi connectivity index (χ1n) is 12.6. The number of amides is 3. The van der Waals surface area contributed by atoms with E-state index in [0.717, 1.165) is 40.2 Å². The van der Waals surface area contributed by atoms with Gasteiger partial charge in [-0.2, -0.15) is 5.10 Å². The van der Waals surface area contributed by atoms with E-state index in [9.17, 15) is 14.4 Å². The van der Waals surface area contributed by atoms with Crippen LogP contribution in [0.15, 0.2) is 72.9 Å². The first-order chi connectivity index (χ1) is 18.8. The molecule has 1 aliphatic heterocycles. The topological polar surface area (TPSA) is 135 Å². The van der Waals surface area contributed by atoms with Crippen LogP contribution < -0.4 is 5.73 Å². The Morgan fingerprint density at radius 1 is 0.872 bits per heavy atom. The Bertz CT molecular complexity index is 1500. The van der Waals surface area contributed by atoms with Crippen LogP contribution in [0.5, 0.6) is 0 Å². The smallest absolute Gasteiger partial charge is 0.407 e. The third kappa shape index (κ3) is 5.64. The Balaban J connectivity index is 1.20. The summed E-state index contributed by atoms with van der Waals surface area (Å²) in [7, 11) is 0. The van der Waals surface area contributed by atoms with Crippen molar-refractivity contribution in [2.75, 3.05) is 26.2 Å². The van der Waals surface area contributed by atoms with Gasteiger partial charge in [0, 0.05) is 43.6 Å². The van der Waals surface area contributed by atoms with Gasteiger partial charge in [-0.3, -0.25) is 14.6 Å². The molecule has 3 heterocycles. The summed E-state index contributed by atoms with van der Waals surface area (Å²) in [6, 6.07) is 21.4. The van der Waals surface area contributed by atoms with Crippen molar-refractivity contribution < 1.29 is 19.5 Å². The highest BCUT2D eigenvalue weighted by Gasteiger charge is 2.24. The van der Waals surface area contributed by atoms with Crippen molar-refractivity contribution in [2.24, 2.45) is 5.73 Å². The summed E-state index contributed by atoms with van der Waals surface area (Å²) in [4.78, 5) is 42.7. The number of carbonyl (C=O) groups excluding carboxylic acids is 2. The van der Waals surface area contributed by atoms with Gasteiger partial charge in [0.15, 0.2) is 5.69 Å². The second-order valence-electron chi connectivity index (χ2n) is 9.48. The van der Waals surface area contributed by atoms with Crippen LogP contribution in [0.3, 0.4) is 0 Å². The highest BCUT2D eigenvalue weighted by atomic mass is 16.4. The van der Waals surface area contributed by atoms with Gasteiger partial charge in [0.1, 0.15) is 0 Å². The number of piperazine rings is 1. The Labute approximate surface area is 225 Å². The summed E-state index contributed by atoms with van der Waals surface area (Å²) >= 11 is 0. The summed E-state index contributed by atoms with van der Waals surface area (Å²) in [5.41, 5.74) is 11.7. The maximum atomic E-state index is 12.8. The van der Waals surface area contributed by atoms with Gasteiger partial charge in [-0.15, -0.1) is 0 Å². The van der Waals surface area contributed by atoms with Crippen LogP contribution in [0.1, 0.15) is 37.7 Å². The Morgan fingerprint density at radius 3 is 2.03 bits per heavy atom. The summed E-state index contributed by atoms with van der Waals surface area (Å²) in [5.74, 6) is -0.693. The molecule has 1 saturated heterocycles. The minimum absolute atomic E-state index is 0.142. The molecule has 2 aromatic carbocycles. The number of pyridine rings is 1. The Kier molecular flexibility index (Phi) is 7.09. The molecule has 10 heteroatoms. The van der Waals surface area contributed by atoms with E-state index >= 15 is 0 Å². The number of hydrogen-bond acceptors (Lipinski definition) is 5. The monoisotopic (exact) mass is 524 g/mol. The predicted octanol–water partition coefficient (Wildman–Crippen LogP) is 3.37. The Morgan fingerprint density at radius 2 is 1.49 bits per heavy atom. The van der Waals surface area contributed by atoms with E-state index in [1.807, 2.05) is 49.4 Å². The predicted molar refractivity (Wildman–Crippen MR) is 145 cm³/mol. The molecular weight excluding hydrogens is 496 g/mol. The molecular formula is C29H28N6O4. The fourth-order valence-electron chi connectivity index (χ4n) is 4.61. The van der Waals surface area contributed by atoms with E-state index in [4.69, 9.17) is 10.8 Å². The third-order valence-corrected chi connectivity index (χ3v) is 6.83. The van der Waals surface area contributed by atoms with Crippen molar-refractivity contribution in [1.82, 2.24) is 24.6 Å². The molecule has 0 bridgehead atoms. The maximum Gasteiger partial charge on any atom is 0.407 e. The molecule has 10 nitrogen and oxygen atoms in total. The molecule has 0 saturated carbocycles. The molecule has 4 aromatic rings. The van der Waals surface area contributed by atoms with Crippen LogP contribution in [0, 0.1) is 6.92 Å². The van der Waals surface area contributed by atoms with Crippen molar-refractivity contribution in [3.8, 4) is 16.9 Å². The molecule has 5 rings (SSSR count). The van der Waals surface area contributed by atoms with Crippen LogP contribution in [-0.4, -0.2) is 73.8 Å². The maximum absolute atomic E-state index is 12.8. The summed E-state index contributed by atoms with van der Waals surface area (Å²) in [5, 5.41) is 13.4. The summed E-state index contributed by atoms with van der Waals surface area (Å²) in [6.45, 7) is 3.24. The van der Waals surface area contributed by atoms with E-state index in [2.05, 4.69) is 22.2 Å². The average Bonchev–Trinajstić information content (AvgIpc) is 3.35. The zero-order valence-electron chi connectivity index (χ0n) is 21.4. The number of hydrogen-bond donors (Lipinski definition) is 2. The second kappa shape index (κ2) is 10.8. The number of aryl methyl sites for hydroxylation is 1. The van der Waals surface area contributed by atoms with E-state index in [0.29, 0.717) is 31.7 Å². The van der Waals surface area contributed by atoms with Gasteiger partial charge >= 0.3 is 6.09 Å². The number of rotatable bonds is 6. The quantitative estimate of drug-likeness (QED) is 0.397. The fourth-order valence-corrected chi connectivity index (χ4v) is 4.61. The lowest BCUT2D eigenvalue weighted by atomic mass is 10.0. The number of carbonyl (C=O) groups is 3. The number of primary amides is 1. The van der Waals surface area contributed by atoms with Gasteiger partial charge in [-0.05, 0) is 54.8 Å². The van der Waals surface area contributed by atoms with Gasteiger partial charge in [-0.1, -0.05) is 36.4 Å². The van der Waals surface area contributed by atoms with E-state index in [-0.39, 0.29) is 11.6 Å². The zero-order valence-corrected chi connectivity index (χ0v) is 21.4. The number of benzene rings is 2. The lowest BCUT2D eigenvalue weighted by Crippen LogP contribution is -2.50. The number of nitrogens with zero attached hydrogens (tertiary/aromatic N) is 5. The van der Waals surface area contributed by atoms with Crippen LogP contribution >= 0.6 is 0 Å². The Hall–Kier alpha value is -4.99. The normalized spacial score (nSPS) is 13.4. The number of carboxylic acid groups (broad SMARTS) is 1. The summed E-state index contributed by atoms with van der Waals surface area (Å²) < 4.78 is 1.70. The van der Waals surface area contributed by atoms with E-state index in [1.165, 1.54) is 4.90 Å². The minimum Gasteiger partial charge on any atom is -0.465 e. The van der Waals surface area contributed by atoms with Crippen molar-refractivity contribution in [3.05, 3.63) is 101 Å². The largest absolute Gasteiger partial charge is 0.465 e. The van der Waals surface area contributed by atoms with Gasteiger partial charge < -0.3 is 20.6 Å². The number of aromatic nitrogens is 3. The SMILES string of the molecule is Cc1cc(C(N)=O)nn1-c1ccc(Cc2ccc(-c3ccc(C(=O)N4CCN(C(=O)O)CC4)cn3)cc2)cc1. The second-order valence-corrected chi connectivity index (χ2v) is 9.48.